The number of alkyl halides is 19. The molecular formula is C8F19N. The summed E-state index contributed by atoms with van der Waals surface area (Å²) < 4.78 is 236. The third-order valence-electron chi connectivity index (χ3n) is 2.77. The minimum absolute atomic E-state index is 4.70. The van der Waals surface area contributed by atoms with E-state index in [1.165, 1.54) is 0 Å². The smallest absolute Gasteiger partial charge is 0.216 e. The lowest BCUT2D eigenvalue weighted by Gasteiger charge is -2.44. The fraction of sp³-hybridized carbons (Fsp3) is 1.00. The van der Waals surface area contributed by atoms with E-state index in [-0.39, 0.29) is 0 Å². The molecule has 0 aromatic carbocycles. The first-order chi connectivity index (χ1) is 11.6. The van der Waals surface area contributed by atoms with Gasteiger partial charge in [-0.1, -0.05) is 4.90 Å². The van der Waals surface area contributed by atoms with Crippen LogP contribution in [0.5, 0.6) is 0 Å². The second-order valence-electron chi connectivity index (χ2n) is 4.62. The summed E-state index contributed by atoms with van der Waals surface area (Å²) in [6.45, 7) is 0. The topological polar surface area (TPSA) is 3.24 Å². The Bertz CT molecular complexity index is 528. The Morgan fingerprint density at radius 1 is 0.357 bits per heavy atom. The molecule has 28 heavy (non-hydrogen) atoms. The molecule has 0 aromatic rings. The molecule has 0 saturated carbocycles. The molecule has 0 N–H and O–H groups in total. The number of nitrogens with zero attached hydrogens (tertiary/aromatic N) is 1. The highest BCUT2D eigenvalue weighted by atomic mass is 19.4. The Balaban J connectivity index is 7.01. The van der Waals surface area contributed by atoms with Gasteiger partial charge in [0.2, 0.25) is 0 Å². The molecule has 170 valence electrons. The van der Waals surface area contributed by atoms with Crippen LogP contribution in [0.3, 0.4) is 0 Å². The van der Waals surface area contributed by atoms with Crippen molar-refractivity contribution < 1.29 is 83.4 Å². The van der Waals surface area contributed by atoms with Crippen LogP contribution in [-0.2, 0) is 0 Å². The maximum Gasteiger partial charge on any atom is 0.472 e. The van der Waals surface area contributed by atoms with Crippen LogP contribution < -0.4 is 0 Å². The fourth-order valence-electron chi connectivity index (χ4n) is 1.52. The average molecular weight is 471 g/mol. The molecule has 0 bridgehead atoms. The Labute approximate surface area is 138 Å². The summed E-state index contributed by atoms with van der Waals surface area (Å²) in [5, 5.41) is 0. The van der Waals surface area contributed by atoms with E-state index in [9.17, 15) is 83.4 Å². The van der Waals surface area contributed by atoms with E-state index >= 15 is 0 Å². The highest BCUT2D eigenvalue weighted by Crippen LogP contribution is 2.63. The van der Waals surface area contributed by atoms with E-state index in [1.807, 2.05) is 0 Å². The van der Waals surface area contributed by atoms with E-state index in [2.05, 4.69) is 0 Å². The summed E-state index contributed by atoms with van der Waals surface area (Å²) in [5.74, 6) is -17.8. The van der Waals surface area contributed by atoms with Gasteiger partial charge in [0.1, 0.15) is 0 Å². The Morgan fingerprint density at radius 2 is 0.607 bits per heavy atom. The molecule has 0 rings (SSSR count). The maximum atomic E-state index is 13.1. The highest BCUT2D eigenvalue weighted by molar-refractivity contribution is 5.14. The zero-order valence-corrected chi connectivity index (χ0v) is 11.6. The van der Waals surface area contributed by atoms with Gasteiger partial charge in [-0.15, -0.1) is 0 Å². The standard InChI is InChI=1S/C8F19N/c9-1(4(14,15)16,5(17,18)19)2(10,11)3(12,13)6(20,21)28(7(22,23)24)8(25,26)27. The molecule has 0 amide bonds. The summed E-state index contributed by atoms with van der Waals surface area (Å²) >= 11 is 0. The van der Waals surface area contributed by atoms with Gasteiger partial charge in [0, 0.05) is 0 Å². The quantitative estimate of drug-likeness (QED) is 0.358. The number of rotatable bonds is 4. The second kappa shape index (κ2) is 6.31. The van der Waals surface area contributed by atoms with Crippen LogP contribution in [0.25, 0.3) is 0 Å². The molecule has 0 atom stereocenters. The minimum atomic E-state index is -8.92. The van der Waals surface area contributed by atoms with Crippen LogP contribution in [0.1, 0.15) is 0 Å². The predicted octanol–water partition coefficient (Wildman–Crippen LogP) is 6.02. The second-order valence-corrected chi connectivity index (χ2v) is 4.62. The fourth-order valence-corrected chi connectivity index (χ4v) is 1.52. The molecule has 0 aliphatic carbocycles. The Morgan fingerprint density at radius 3 is 0.786 bits per heavy atom. The predicted molar refractivity (Wildman–Crippen MR) is 44.7 cm³/mol. The van der Waals surface area contributed by atoms with E-state index in [4.69, 9.17) is 0 Å². The average Bonchev–Trinajstić information content (AvgIpc) is 2.29. The summed E-state index contributed by atoms with van der Waals surface area (Å²) in [5.41, 5.74) is -8.68. The Kier molecular flexibility index (Phi) is 6.00. The summed E-state index contributed by atoms with van der Waals surface area (Å²) in [7, 11) is 0. The number of halogens is 19. The van der Waals surface area contributed by atoms with Crippen LogP contribution in [-0.4, -0.2) is 53.4 Å². The minimum Gasteiger partial charge on any atom is -0.216 e. The van der Waals surface area contributed by atoms with Gasteiger partial charge in [-0.2, -0.15) is 79.0 Å². The van der Waals surface area contributed by atoms with Gasteiger partial charge in [-0.25, -0.2) is 4.39 Å². The van der Waals surface area contributed by atoms with Gasteiger partial charge in [-0.3, -0.25) is 0 Å². The normalized spacial score (nSPS) is 16.7. The van der Waals surface area contributed by atoms with Gasteiger partial charge in [0.05, 0.1) is 0 Å². The first kappa shape index (κ1) is 26.6. The molecule has 0 aliphatic heterocycles. The maximum absolute atomic E-state index is 13.1. The molecule has 1 nitrogen and oxygen atoms in total. The van der Waals surface area contributed by atoms with Gasteiger partial charge in [-0.05, 0) is 0 Å². The van der Waals surface area contributed by atoms with Crippen molar-refractivity contribution >= 4 is 0 Å². The monoisotopic (exact) mass is 471 g/mol. The number of hydrogen-bond donors (Lipinski definition) is 0. The Hall–Kier alpha value is -1.37. The van der Waals surface area contributed by atoms with Crippen molar-refractivity contribution in [2.75, 3.05) is 0 Å². The number of hydrogen-bond acceptors (Lipinski definition) is 1. The zero-order valence-electron chi connectivity index (χ0n) is 11.6. The van der Waals surface area contributed by atoms with Crippen molar-refractivity contribution in [1.29, 1.82) is 0 Å². The lowest BCUT2D eigenvalue weighted by atomic mass is 9.89. The van der Waals surface area contributed by atoms with Crippen LogP contribution in [0.2, 0.25) is 0 Å². The van der Waals surface area contributed by atoms with Crippen LogP contribution in [0.15, 0.2) is 0 Å². The molecule has 0 saturated heterocycles. The van der Waals surface area contributed by atoms with Crippen molar-refractivity contribution in [3.05, 3.63) is 0 Å². The largest absolute Gasteiger partial charge is 0.472 e. The lowest BCUT2D eigenvalue weighted by Crippen LogP contribution is -2.77. The van der Waals surface area contributed by atoms with Gasteiger partial charge in [0.15, 0.2) is 0 Å². The molecule has 0 aromatic heterocycles. The highest BCUT2D eigenvalue weighted by Gasteiger charge is 2.95. The van der Waals surface area contributed by atoms with Gasteiger partial charge >= 0.3 is 48.5 Å². The van der Waals surface area contributed by atoms with Crippen LogP contribution in [0.4, 0.5) is 83.4 Å². The molecule has 0 spiro atoms. The molecule has 0 radical (unpaired) electrons. The molecule has 0 unspecified atom stereocenters. The molecule has 20 heteroatoms. The SMILES string of the molecule is FC(F)(F)N(C(F)(F)F)C(F)(F)C(F)(F)C(F)(F)C(F)(C(F)(F)F)C(F)(F)F. The molecule has 0 fully saturated rings. The molecule has 0 heterocycles. The van der Waals surface area contributed by atoms with Crippen molar-refractivity contribution in [3.63, 3.8) is 0 Å². The third-order valence-corrected chi connectivity index (χ3v) is 2.77. The van der Waals surface area contributed by atoms with Gasteiger partial charge in [0.25, 0.3) is 0 Å². The van der Waals surface area contributed by atoms with Gasteiger partial charge < -0.3 is 0 Å². The van der Waals surface area contributed by atoms with E-state index in [1.54, 1.807) is 0 Å². The first-order valence-electron chi connectivity index (χ1n) is 5.51. The first-order valence-corrected chi connectivity index (χ1v) is 5.51. The van der Waals surface area contributed by atoms with Crippen LogP contribution >= 0.6 is 0 Å². The van der Waals surface area contributed by atoms with Crippen molar-refractivity contribution in [2.24, 2.45) is 0 Å². The molecular weight excluding hydrogens is 471 g/mol. The van der Waals surface area contributed by atoms with E-state index in [0.29, 0.717) is 0 Å². The van der Waals surface area contributed by atoms with E-state index in [0.717, 1.165) is 0 Å². The summed E-state index contributed by atoms with van der Waals surface area (Å²) in [6, 6.07) is -8.58. The molecule has 0 aliphatic rings. The van der Waals surface area contributed by atoms with Crippen molar-refractivity contribution in [3.8, 4) is 0 Å². The van der Waals surface area contributed by atoms with Crippen LogP contribution in [0, 0.1) is 0 Å². The van der Waals surface area contributed by atoms with Crippen molar-refractivity contribution in [2.45, 2.75) is 48.5 Å². The van der Waals surface area contributed by atoms with Crippen molar-refractivity contribution in [1.82, 2.24) is 4.90 Å². The van der Waals surface area contributed by atoms with E-state index < -0.39 is 53.4 Å². The lowest BCUT2D eigenvalue weighted by molar-refractivity contribution is -0.504. The summed E-state index contributed by atoms with van der Waals surface area (Å²) in [4.78, 5) is -4.70. The summed E-state index contributed by atoms with van der Waals surface area (Å²) in [6.07, 6.45) is -32.1. The zero-order chi connectivity index (χ0) is 23.6. The third kappa shape index (κ3) is 3.62.